The lowest BCUT2D eigenvalue weighted by atomic mass is 10.1. The number of alkyl halides is 1. The van der Waals surface area contributed by atoms with E-state index in [9.17, 15) is 0 Å². The number of ether oxygens (including phenoxy) is 1. The molecule has 6 heteroatoms. The third-order valence-corrected chi connectivity index (χ3v) is 3.06. The summed E-state index contributed by atoms with van der Waals surface area (Å²) >= 11 is 5.69. The standard InChI is InChI=1S/C12H15ClN4O/c1-8-5-14-11(9(2)12(8)18-3)7-17-6-10(4-13)15-16-17/h5-6H,4,7H2,1-3H3. The first-order valence-corrected chi connectivity index (χ1v) is 6.13. The van der Waals surface area contributed by atoms with E-state index in [2.05, 4.69) is 15.3 Å². The summed E-state index contributed by atoms with van der Waals surface area (Å²) in [5, 5.41) is 7.95. The smallest absolute Gasteiger partial charge is 0.128 e. The van der Waals surface area contributed by atoms with Gasteiger partial charge in [0.15, 0.2) is 0 Å². The molecule has 0 unspecified atom stereocenters. The van der Waals surface area contributed by atoms with Crippen molar-refractivity contribution in [3.8, 4) is 5.75 Å². The van der Waals surface area contributed by atoms with Gasteiger partial charge in [-0.05, 0) is 13.8 Å². The molecule has 0 radical (unpaired) electrons. The van der Waals surface area contributed by atoms with Gasteiger partial charge in [-0.1, -0.05) is 5.21 Å². The van der Waals surface area contributed by atoms with Crippen LogP contribution < -0.4 is 4.74 Å². The molecule has 0 atom stereocenters. The third kappa shape index (κ3) is 2.46. The molecule has 96 valence electrons. The quantitative estimate of drug-likeness (QED) is 0.795. The SMILES string of the molecule is COc1c(C)cnc(Cn2cc(CCl)nn2)c1C. The molecule has 0 aromatic carbocycles. The van der Waals surface area contributed by atoms with Gasteiger partial charge in [-0.25, -0.2) is 4.68 Å². The fourth-order valence-corrected chi connectivity index (χ4v) is 1.98. The van der Waals surface area contributed by atoms with Gasteiger partial charge in [0.05, 0.1) is 37.1 Å². The molecule has 0 N–H and O–H groups in total. The van der Waals surface area contributed by atoms with E-state index >= 15 is 0 Å². The Morgan fingerprint density at radius 2 is 2.17 bits per heavy atom. The Kier molecular flexibility index (Phi) is 3.81. The molecule has 2 aromatic heterocycles. The number of halogens is 1. The van der Waals surface area contributed by atoms with Crippen molar-refractivity contribution < 1.29 is 4.74 Å². The minimum Gasteiger partial charge on any atom is -0.496 e. The van der Waals surface area contributed by atoms with E-state index in [1.807, 2.05) is 20.0 Å². The van der Waals surface area contributed by atoms with Crippen LogP contribution in [0.2, 0.25) is 0 Å². The summed E-state index contributed by atoms with van der Waals surface area (Å²) in [6.07, 6.45) is 3.63. The zero-order valence-electron chi connectivity index (χ0n) is 10.6. The molecule has 0 saturated heterocycles. The van der Waals surface area contributed by atoms with Crippen LogP contribution >= 0.6 is 11.6 Å². The monoisotopic (exact) mass is 266 g/mol. The number of hydrogen-bond donors (Lipinski definition) is 0. The number of rotatable bonds is 4. The highest BCUT2D eigenvalue weighted by Gasteiger charge is 2.10. The fourth-order valence-electron chi connectivity index (χ4n) is 1.86. The van der Waals surface area contributed by atoms with Crippen molar-refractivity contribution in [3.05, 3.63) is 34.9 Å². The lowest BCUT2D eigenvalue weighted by molar-refractivity contribution is 0.406. The zero-order chi connectivity index (χ0) is 13.1. The molecule has 2 aromatic rings. The molecule has 5 nitrogen and oxygen atoms in total. The summed E-state index contributed by atoms with van der Waals surface area (Å²) in [7, 11) is 1.67. The van der Waals surface area contributed by atoms with Gasteiger partial charge < -0.3 is 4.74 Å². The molecule has 0 saturated carbocycles. The van der Waals surface area contributed by atoms with E-state index in [0.717, 1.165) is 28.3 Å². The second-order valence-electron chi connectivity index (χ2n) is 4.09. The topological polar surface area (TPSA) is 52.8 Å². The summed E-state index contributed by atoms with van der Waals surface area (Å²) < 4.78 is 7.10. The lowest BCUT2D eigenvalue weighted by Gasteiger charge is -2.11. The molecule has 0 aliphatic heterocycles. The molecule has 0 fully saturated rings. The third-order valence-electron chi connectivity index (χ3n) is 2.78. The second kappa shape index (κ2) is 5.35. The molecule has 18 heavy (non-hydrogen) atoms. The lowest BCUT2D eigenvalue weighted by Crippen LogP contribution is -2.06. The van der Waals surface area contributed by atoms with Crippen molar-refractivity contribution in [1.29, 1.82) is 0 Å². The highest BCUT2D eigenvalue weighted by Crippen LogP contribution is 2.24. The normalized spacial score (nSPS) is 10.7. The maximum atomic E-state index is 5.69. The number of aryl methyl sites for hydroxylation is 1. The fraction of sp³-hybridized carbons (Fsp3) is 0.417. The van der Waals surface area contributed by atoms with Crippen molar-refractivity contribution in [3.63, 3.8) is 0 Å². The maximum Gasteiger partial charge on any atom is 0.128 e. The summed E-state index contributed by atoms with van der Waals surface area (Å²) in [4.78, 5) is 4.42. The number of aromatic nitrogens is 4. The Bertz CT molecular complexity index is 553. The Morgan fingerprint density at radius 1 is 1.39 bits per heavy atom. The highest BCUT2D eigenvalue weighted by molar-refractivity contribution is 6.16. The van der Waals surface area contributed by atoms with E-state index in [4.69, 9.17) is 16.3 Å². The van der Waals surface area contributed by atoms with Crippen molar-refractivity contribution >= 4 is 11.6 Å². The van der Waals surface area contributed by atoms with Crippen LogP contribution in [0.1, 0.15) is 22.5 Å². The number of nitrogens with zero attached hydrogens (tertiary/aromatic N) is 4. The predicted octanol–water partition coefficient (Wildman–Crippen LogP) is 2.09. The van der Waals surface area contributed by atoms with Crippen LogP contribution in [-0.4, -0.2) is 27.1 Å². The average molecular weight is 267 g/mol. The first-order chi connectivity index (χ1) is 8.65. The molecule has 0 aliphatic rings. The van der Waals surface area contributed by atoms with Gasteiger partial charge in [-0.3, -0.25) is 4.98 Å². The van der Waals surface area contributed by atoms with Gasteiger partial charge in [0.1, 0.15) is 5.75 Å². The van der Waals surface area contributed by atoms with Crippen LogP contribution in [0.25, 0.3) is 0 Å². The molecule has 0 bridgehead atoms. The summed E-state index contributed by atoms with van der Waals surface area (Å²) in [5.74, 6) is 1.24. The molecular weight excluding hydrogens is 252 g/mol. The first-order valence-electron chi connectivity index (χ1n) is 5.59. The maximum absolute atomic E-state index is 5.69. The summed E-state index contributed by atoms with van der Waals surface area (Å²) in [5.41, 5.74) is 3.73. The van der Waals surface area contributed by atoms with E-state index in [1.165, 1.54) is 0 Å². The predicted molar refractivity (Wildman–Crippen MR) is 68.9 cm³/mol. The highest BCUT2D eigenvalue weighted by atomic mass is 35.5. The van der Waals surface area contributed by atoms with Gasteiger partial charge in [-0.2, -0.15) is 0 Å². The van der Waals surface area contributed by atoms with Gasteiger partial charge in [0.25, 0.3) is 0 Å². The van der Waals surface area contributed by atoms with Crippen LogP contribution in [0.15, 0.2) is 12.4 Å². The Balaban J connectivity index is 2.29. The number of methoxy groups -OCH3 is 1. The Morgan fingerprint density at radius 3 is 2.78 bits per heavy atom. The van der Waals surface area contributed by atoms with E-state index in [-0.39, 0.29) is 0 Å². The summed E-state index contributed by atoms with van der Waals surface area (Å²) in [6, 6.07) is 0. The molecular formula is C12H15ClN4O. The van der Waals surface area contributed by atoms with Gasteiger partial charge >= 0.3 is 0 Å². The first kappa shape index (κ1) is 12.8. The van der Waals surface area contributed by atoms with Crippen LogP contribution in [0.3, 0.4) is 0 Å². The minimum atomic E-state index is 0.365. The number of pyridine rings is 1. The number of hydrogen-bond acceptors (Lipinski definition) is 4. The molecule has 0 amide bonds. The Labute approximate surface area is 111 Å². The molecule has 0 aliphatic carbocycles. The molecule has 2 rings (SSSR count). The summed E-state index contributed by atoms with van der Waals surface area (Å²) in [6.45, 7) is 4.53. The second-order valence-corrected chi connectivity index (χ2v) is 4.35. The van der Waals surface area contributed by atoms with E-state index in [0.29, 0.717) is 12.4 Å². The van der Waals surface area contributed by atoms with E-state index in [1.54, 1.807) is 18.0 Å². The molecule has 0 spiro atoms. The largest absolute Gasteiger partial charge is 0.496 e. The Hall–Kier alpha value is -1.62. The van der Waals surface area contributed by atoms with Gasteiger partial charge in [0.2, 0.25) is 0 Å². The van der Waals surface area contributed by atoms with Crippen LogP contribution in [0, 0.1) is 13.8 Å². The minimum absolute atomic E-state index is 0.365. The van der Waals surface area contributed by atoms with Gasteiger partial charge in [-0.15, -0.1) is 16.7 Å². The molecule has 2 heterocycles. The van der Waals surface area contributed by atoms with Crippen LogP contribution in [-0.2, 0) is 12.4 Å². The van der Waals surface area contributed by atoms with Crippen molar-refractivity contribution in [1.82, 2.24) is 20.0 Å². The average Bonchev–Trinajstić information content (AvgIpc) is 2.81. The zero-order valence-corrected chi connectivity index (χ0v) is 11.4. The van der Waals surface area contributed by atoms with Crippen molar-refractivity contribution in [2.75, 3.05) is 7.11 Å². The van der Waals surface area contributed by atoms with Crippen molar-refractivity contribution in [2.24, 2.45) is 0 Å². The van der Waals surface area contributed by atoms with E-state index < -0.39 is 0 Å². The van der Waals surface area contributed by atoms with Crippen LogP contribution in [0.5, 0.6) is 5.75 Å². The van der Waals surface area contributed by atoms with Crippen molar-refractivity contribution in [2.45, 2.75) is 26.3 Å². The van der Waals surface area contributed by atoms with Crippen LogP contribution in [0.4, 0.5) is 0 Å². The van der Waals surface area contributed by atoms with Gasteiger partial charge in [0, 0.05) is 17.3 Å².